The molecule has 116 valence electrons. The summed E-state index contributed by atoms with van der Waals surface area (Å²) in [5.41, 5.74) is 2.30. The minimum Gasteiger partial charge on any atom is -0.507 e. The summed E-state index contributed by atoms with van der Waals surface area (Å²) in [7, 11) is 0. The summed E-state index contributed by atoms with van der Waals surface area (Å²) in [6, 6.07) is 3.70. The fourth-order valence-electron chi connectivity index (χ4n) is 3.21. The molecule has 0 spiro atoms. The summed E-state index contributed by atoms with van der Waals surface area (Å²) in [5.74, 6) is 1.16. The maximum Gasteiger partial charge on any atom is 0.224 e. The van der Waals surface area contributed by atoms with E-state index in [2.05, 4.69) is 5.32 Å². The van der Waals surface area contributed by atoms with Crippen LogP contribution in [0, 0.1) is 19.8 Å². The highest BCUT2D eigenvalue weighted by atomic mass is 16.3. The zero-order valence-corrected chi connectivity index (χ0v) is 13.2. The molecule has 0 unspecified atom stereocenters. The van der Waals surface area contributed by atoms with Crippen LogP contribution in [-0.2, 0) is 4.79 Å². The van der Waals surface area contributed by atoms with Gasteiger partial charge in [-0.15, -0.1) is 0 Å². The Bertz CT molecular complexity index is 490. The van der Waals surface area contributed by atoms with E-state index in [1.807, 2.05) is 26.0 Å². The number of amides is 1. The van der Waals surface area contributed by atoms with Gasteiger partial charge in [-0.25, -0.2) is 0 Å². The fraction of sp³-hybridized carbons (Fsp3) is 0.611. The average molecular weight is 289 g/mol. The molecule has 1 aliphatic carbocycles. The number of hydrogen-bond acceptors (Lipinski definition) is 2. The Morgan fingerprint density at radius 1 is 1.24 bits per heavy atom. The first kappa shape index (κ1) is 15.9. The average Bonchev–Trinajstić information content (AvgIpc) is 2.49. The Labute approximate surface area is 127 Å². The minimum absolute atomic E-state index is 0.0529. The zero-order chi connectivity index (χ0) is 15.2. The molecule has 1 amide bonds. The number of aryl methyl sites for hydroxylation is 1. The Hall–Kier alpha value is -1.51. The molecular weight excluding hydrogens is 262 g/mol. The first-order chi connectivity index (χ1) is 10.1. The summed E-state index contributed by atoms with van der Waals surface area (Å²) in [4.78, 5) is 12.0. The third-order valence-corrected chi connectivity index (χ3v) is 4.65. The third-order valence-electron chi connectivity index (χ3n) is 4.65. The summed E-state index contributed by atoms with van der Waals surface area (Å²) in [6.07, 6.45) is 9.49. The smallest absolute Gasteiger partial charge is 0.224 e. The number of aromatic hydroxyl groups is 1. The Morgan fingerprint density at radius 3 is 2.67 bits per heavy atom. The number of phenols is 1. The van der Waals surface area contributed by atoms with Crippen molar-refractivity contribution in [3.05, 3.63) is 23.3 Å². The Balaban J connectivity index is 1.78. The van der Waals surface area contributed by atoms with Crippen molar-refractivity contribution in [2.45, 2.75) is 65.2 Å². The molecule has 3 nitrogen and oxygen atoms in total. The molecule has 1 fully saturated rings. The van der Waals surface area contributed by atoms with E-state index < -0.39 is 0 Å². The van der Waals surface area contributed by atoms with Crippen molar-refractivity contribution in [1.82, 2.24) is 0 Å². The highest BCUT2D eigenvalue weighted by Gasteiger charge is 2.14. The lowest BCUT2D eigenvalue weighted by atomic mass is 9.86. The van der Waals surface area contributed by atoms with Gasteiger partial charge in [0.1, 0.15) is 5.75 Å². The van der Waals surface area contributed by atoms with Crippen LogP contribution in [0.2, 0.25) is 0 Å². The number of hydrogen-bond donors (Lipinski definition) is 2. The van der Waals surface area contributed by atoms with Crippen LogP contribution in [-0.4, -0.2) is 11.0 Å². The van der Waals surface area contributed by atoms with Crippen LogP contribution >= 0.6 is 0 Å². The van der Waals surface area contributed by atoms with Crippen molar-refractivity contribution >= 4 is 11.6 Å². The number of anilines is 1. The number of phenolic OH excluding ortho intramolecular Hbond substituents is 1. The second-order valence-electron chi connectivity index (χ2n) is 6.35. The van der Waals surface area contributed by atoms with Gasteiger partial charge in [0.25, 0.3) is 0 Å². The van der Waals surface area contributed by atoms with Crippen molar-refractivity contribution < 1.29 is 9.90 Å². The molecule has 0 aliphatic heterocycles. The first-order valence-corrected chi connectivity index (χ1v) is 8.17. The standard InChI is InChI=1S/C18H27NO2/c1-13-11-12-16(14(2)18(13)21)19-17(20)10-6-9-15-7-4-3-5-8-15/h11-12,15,21H,3-10H2,1-2H3,(H,19,20). The van der Waals surface area contributed by atoms with Crippen molar-refractivity contribution in [2.24, 2.45) is 5.92 Å². The molecule has 0 aromatic heterocycles. The predicted molar refractivity (Wildman–Crippen MR) is 86.6 cm³/mol. The molecule has 0 bridgehead atoms. The van der Waals surface area contributed by atoms with Gasteiger partial charge in [-0.2, -0.15) is 0 Å². The van der Waals surface area contributed by atoms with E-state index in [-0.39, 0.29) is 11.7 Å². The molecule has 1 aliphatic rings. The van der Waals surface area contributed by atoms with Crippen LogP contribution in [0.4, 0.5) is 5.69 Å². The molecule has 1 aromatic carbocycles. The molecule has 0 radical (unpaired) electrons. The number of carbonyl (C=O) groups excluding carboxylic acids is 1. The number of rotatable bonds is 5. The molecule has 3 heteroatoms. The number of nitrogens with one attached hydrogen (secondary N) is 1. The van der Waals surface area contributed by atoms with E-state index in [4.69, 9.17) is 0 Å². The monoisotopic (exact) mass is 289 g/mol. The number of carbonyl (C=O) groups is 1. The van der Waals surface area contributed by atoms with Gasteiger partial charge in [0.15, 0.2) is 0 Å². The van der Waals surface area contributed by atoms with Gasteiger partial charge < -0.3 is 10.4 Å². The highest BCUT2D eigenvalue weighted by molar-refractivity contribution is 5.91. The lowest BCUT2D eigenvalue weighted by Crippen LogP contribution is -2.13. The largest absolute Gasteiger partial charge is 0.507 e. The van der Waals surface area contributed by atoms with Crippen LogP contribution in [0.5, 0.6) is 5.75 Å². The summed E-state index contributed by atoms with van der Waals surface area (Å²) in [5, 5.41) is 12.8. The van der Waals surface area contributed by atoms with Crippen LogP contribution in [0.15, 0.2) is 12.1 Å². The molecule has 21 heavy (non-hydrogen) atoms. The van der Waals surface area contributed by atoms with Gasteiger partial charge in [0.05, 0.1) is 0 Å². The first-order valence-electron chi connectivity index (χ1n) is 8.17. The van der Waals surface area contributed by atoms with Crippen LogP contribution in [0.25, 0.3) is 0 Å². The molecule has 2 N–H and O–H groups in total. The SMILES string of the molecule is Cc1ccc(NC(=O)CCCC2CCCCC2)c(C)c1O. The fourth-order valence-corrected chi connectivity index (χ4v) is 3.21. The molecule has 2 rings (SSSR count). The zero-order valence-electron chi connectivity index (χ0n) is 13.2. The van der Waals surface area contributed by atoms with E-state index in [1.54, 1.807) is 0 Å². The Kier molecular flexibility index (Phi) is 5.66. The summed E-state index contributed by atoms with van der Waals surface area (Å²) in [6.45, 7) is 3.69. The molecule has 0 atom stereocenters. The van der Waals surface area contributed by atoms with Crippen molar-refractivity contribution in [3.8, 4) is 5.75 Å². The minimum atomic E-state index is 0.0529. The van der Waals surface area contributed by atoms with Gasteiger partial charge in [-0.05, 0) is 44.2 Å². The van der Waals surface area contributed by atoms with Gasteiger partial charge >= 0.3 is 0 Å². The maximum atomic E-state index is 12.0. The van der Waals surface area contributed by atoms with Crippen molar-refractivity contribution in [2.75, 3.05) is 5.32 Å². The van der Waals surface area contributed by atoms with E-state index >= 15 is 0 Å². The lowest BCUT2D eigenvalue weighted by molar-refractivity contribution is -0.116. The van der Waals surface area contributed by atoms with Crippen LogP contribution in [0.1, 0.15) is 62.5 Å². The van der Waals surface area contributed by atoms with E-state index in [0.717, 1.165) is 29.2 Å². The van der Waals surface area contributed by atoms with Gasteiger partial charge in [0, 0.05) is 17.7 Å². The van der Waals surface area contributed by atoms with Gasteiger partial charge in [-0.3, -0.25) is 4.79 Å². The molecule has 0 saturated heterocycles. The lowest BCUT2D eigenvalue weighted by Gasteiger charge is -2.21. The molecule has 0 heterocycles. The third kappa shape index (κ3) is 4.48. The summed E-state index contributed by atoms with van der Waals surface area (Å²) < 4.78 is 0. The quantitative estimate of drug-likeness (QED) is 0.825. The van der Waals surface area contributed by atoms with Crippen LogP contribution in [0.3, 0.4) is 0 Å². The van der Waals surface area contributed by atoms with E-state index in [0.29, 0.717) is 6.42 Å². The maximum absolute atomic E-state index is 12.0. The topological polar surface area (TPSA) is 49.3 Å². The highest BCUT2D eigenvalue weighted by Crippen LogP contribution is 2.29. The normalized spacial score (nSPS) is 15.9. The molecular formula is C18H27NO2. The van der Waals surface area contributed by atoms with E-state index in [1.165, 1.54) is 38.5 Å². The number of benzene rings is 1. The summed E-state index contributed by atoms with van der Waals surface area (Å²) >= 11 is 0. The predicted octanol–water partition coefficient (Wildman–Crippen LogP) is 4.70. The molecule has 1 aromatic rings. The van der Waals surface area contributed by atoms with E-state index in [9.17, 15) is 9.90 Å². The van der Waals surface area contributed by atoms with Gasteiger partial charge in [0.2, 0.25) is 5.91 Å². The van der Waals surface area contributed by atoms with Crippen LogP contribution < -0.4 is 5.32 Å². The van der Waals surface area contributed by atoms with Crippen molar-refractivity contribution in [3.63, 3.8) is 0 Å². The Morgan fingerprint density at radius 2 is 1.95 bits per heavy atom. The van der Waals surface area contributed by atoms with Crippen molar-refractivity contribution in [1.29, 1.82) is 0 Å². The second kappa shape index (κ2) is 7.48. The second-order valence-corrected chi connectivity index (χ2v) is 6.35. The molecule has 1 saturated carbocycles. The van der Waals surface area contributed by atoms with Gasteiger partial charge in [-0.1, -0.05) is 38.2 Å².